The Balaban J connectivity index is 2.77. The summed E-state index contributed by atoms with van der Waals surface area (Å²) >= 11 is 7.10. The third-order valence-corrected chi connectivity index (χ3v) is 4.45. The van der Waals surface area contributed by atoms with Crippen molar-refractivity contribution in [3.05, 3.63) is 32.7 Å². The Morgan fingerprint density at radius 2 is 2.00 bits per heavy atom. The zero-order valence-electron chi connectivity index (χ0n) is 11.4. The molecule has 1 atom stereocenters. The smallest absolute Gasteiger partial charge is 0.0623 e. The summed E-state index contributed by atoms with van der Waals surface area (Å²) in [7, 11) is 3.77. The van der Waals surface area contributed by atoms with Crippen LogP contribution in [-0.2, 0) is 4.74 Å². The van der Waals surface area contributed by atoms with Gasteiger partial charge in [-0.25, -0.2) is 0 Å². The van der Waals surface area contributed by atoms with Crippen molar-refractivity contribution in [3.63, 3.8) is 0 Å². The standard InChI is InChI=1S/C14H21Br2NO/c1-14(2,18-4)8-7-13(17-3)11-6-5-10(15)9-12(11)16/h5-6,9,13,17H,7-8H2,1-4H3. The summed E-state index contributed by atoms with van der Waals surface area (Å²) in [6, 6.07) is 6.64. The van der Waals surface area contributed by atoms with Crippen LogP contribution >= 0.6 is 31.9 Å². The van der Waals surface area contributed by atoms with E-state index in [-0.39, 0.29) is 5.60 Å². The largest absolute Gasteiger partial charge is 0.379 e. The minimum Gasteiger partial charge on any atom is -0.379 e. The molecule has 1 aromatic rings. The van der Waals surface area contributed by atoms with E-state index in [0.29, 0.717) is 6.04 Å². The summed E-state index contributed by atoms with van der Waals surface area (Å²) < 4.78 is 7.69. The predicted octanol–water partition coefficient (Wildman–Crippen LogP) is 4.68. The van der Waals surface area contributed by atoms with Crippen LogP contribution < -0.4 is 5.32 Å². The van der Waals surface area contributed by atoms with Gasteiger partial charge in [0.15, 0.2) is 0 Å². The second-order valence-electron chi connectivity index (χ2n) is 5.01. The summed E-state index contributed by atoms with van der Waals surface area (Å²) in [6.45, 7) is 4.24. The SMILES string of the molecule is CNC(CCC(C)(C)OC)c1ccc(Br)cc1Br. The Morgan fingerprint density at radius 1 is 1.33 bits per heavy atom. The van der Waals surface area contributed by atoms with E-state index in [1.807, 2.05) is 7.05 Å². The lowest BCUT2D eigenvalue weighted by Crippen LogP contribution is -2.26. The van der Waals surface area contributed by atoms with Crippen LogP contribution in [0.2, 0.25) is 0 Å². The highest BCUT2D eigenvalue weighted by Crippen LogP contribution is 2.31. The summed E-state index contributed by atoms with van der Waals surface area (Å²) in [5.41, 5.74) is 1.21. The van der Waals surface area contributed by atoms with Crippen molar-refractivity contribution in [1.29, 1.82) is 0 Å². The molecule has 0 aliphatic carbocycles. The zero-order valence-corrected chi connectivity index (χ0v) is 14.6. The molecule has 0 heterocycles. The third kappa shape index (κ3) is 4.65. The van der Waals surface area contributed by atoms with E-state index in [1.165, 1.54) is 5.56 Å². The van der Waals surface area contributed by atoms with Crippen molar-refractivity contribution in [2.75, 3.05) is 14.2 Å². The van der Waals surface area contributed by atoms with Gasteiger partial charge in [-0.05, 0) is 51.4 Å². The average molecular weight is 379 g/mol. The van der Waals surface area contributed by atoms with Gasteiger partial charge >= 0.3 is 0 Å². The van der Waals surface area contributed by atoms with E-state index in [9.17, 15) is 0 Å². The molecule has 0 aromatic heterocycles. The minimum atomic E-state index is -0.0725. The number of ether oxygens (including phenoxy) is 1. The monoisotopic (exact) mass is 377 g/mol. The molecule has 4 heteroatoms. The van der Waals surface area contributed by atoms with Crippen LogP contribution in [0, 0.1) is 0 Å². The fraction of sp³-hybridized carbons (Fsp3) is 0.571. The maximum Gasteiger partial charge on any atom is 0.0623 e. The molecule has 0 saturated heterocycles. The maximum atomic E-state index is 5.47. The molecular formula is C14H21Br2NO. The van der Waals surface area contributed by atoms with Crippen molar-refractivity contribution in [3.8, 4) is 0 Å². The van der Waals surface area contributed by atoms with Crippen molar-refractivity contribution >= 4 is 31.9 Å². The third-order valence-electron chi connectivity index (χ3n) is 3.27. The average Bonchev–Trinajstić information content (AvgIpc) is 2.32. The van der Waals surface area contributed by atoms with E-state index in [4.69, 9.17) is 4.74 Å². The lowest BCUT2D eigenvalue weighted by Gasteiger charge is -2.26. The molecule has 0 fully saturated rings. The lowest BCUT2D eigenvalue weighted by molar-refractivity contribution is 0.0118. The van der Waals surface area contributed by atoms with E-state index in [2.05, 4.69) is 69.2 Å². The highest BCUT2D eigenvalue weighted by Gasteiger charge is 2.20. The number of hydrogen-bond acceptors (Lipinski definition) is 2. The minimum absolute atomic E-state index is 0.0725. The first-order valence-corrected chi connectivity index (χ1v) is 7.65. The van der Waals surface area contributed by atoms with Gasteiger partial charge in [-0.15, -0.1) is 0 Å². The molecule has 1 unspecified atom stereocenters. The molecule has 1 rings (SSSR count). The van der Waals surface area contributed by atoms with E-state index >= 15 is 0 Å². The molecule has 0 bridgehead atoms. The number of hydrogen-bond donors (Lipinski definition) is 1. The Hall–Kier alpha value is 0.1000. The van der Waals surface area contributed by atoms with Gasteiger partial charge in [-0.2, -0.15) is 0 Å². The fourth-order valence-electron chi connectivity index (χ4n) is 1.83. The van der Waals surface area contributed by atoms with Crippen LogP contribution in [0.1, 0.15) is 38.3 Å². The van der Waals surface area contributed by atoms with Crippen molar-refractivity contribution in [1.82, 2.24) is 5.32 Å². The van der Waals surface area contributed by atoms with E-state index < -0.39 is 0 Å². The second kappa shape index (κ2) is 7.04. The van der Waals surface area contributed by atoms with Gasteiger partial charge in [0.05, 0.1) is 5.60 Å². The molecule has 0 radical (unpaired) electrons. The maximum absolute atomic E-state index is 5.47. The summed E-state index contributed by atoms with van der Waals surface area (Å²) in [6.07, 6.45) is 2.05. The Bertz CT molecular complexity index is 393. The topological polar surface area (TPSA) is 21.3 Å². The van der Waals surface area contributed by atoms with Crippen LogP contribution in [0.25, 0.3) is 0 Å². The first kappa shape index (κ1) is 16.2. The summed E-state index contributed by atoms with van der Waals surface area (Å²) in [4.78, 5) is 0. The van der Waals surface area contributed by atoms with Crippen molar-refractivity contribution in [2.45, 2.75) is 38.3 Å². The Labute approximate surface area is 127 Å². The molecule has 1 aromatic carbocycles. The van der Waals surface area contributed by atoms with Crippen molar-refractivity contribution in [2.24, 2.45) is 0 Å². The van der Waals surface area contributed by atoms with Gasteiger partial charge in [-0.3, -0.25) is 0 Å². The Kier molecular flexibility index (Phi) is 6.31. The molecule has 0 spiro atoms. The highest BCUT2D eigenvalue weighted by molar-refractivity contribution is 9.11. The number of methoxy groups -OCH3 is 1. The van der Waals surface area contributed by atoms with Crippen molar-refractivity contribution < 1.29 is 4.74 Å². The van der Waals surface area contributed by atoms with Gasteiger partial charge in [0.25, 0.3) is 0 Å². The molecule has 0 saturated carbocycles. The highest BCUT2D eigenvalue weighted by atomic mass is 79.9. The molecule has 18 heavy (non-hydrogen) atoms. The summed E-state index contributed by atoms with van der Waals surface area (Å²) in [5, 5.41) is 3.37. The molecule has 0 amide bonds. The second-order valence-corrected chi connectivity index (χ2v) is 6.78. The van der Waals surface area contributed by atoms with Gasteiger partial charge < -0.3 is 10.1 Å². The van der Waals surface area contributed by atoms with Crippen LogP contribution in [0.4, 0.5) is 0 Å². The van der Waals surface area contributed by atoms with Crippen LogP contribution in [-0.4, -0.2) is 19.8 Å². The predicted molar refractivity (Wildman–Crippen MR) is 84.0 cm³/mol. The van der Waals surface area contributed by atoms with Gasteiger partial charge in [-0.1, -0.05) is 37.9 Å². The van der Waals surface area contributed by atoms with Crippen LogP contribution in [0.15, 0.2) is 27.1 Å². The molecular weight excluding hydrogens is 358 g/mol. The van der Waals surface area contributed by atoms with E-state index in [1.54, 1.807) is 7.11 Å². The quantitative estimate of drug-likeness (QED) is 0.775. The zero-order chi connectivity index (χ0) is 13.8. The van der Waals surface area contributed by atoms with Gasteiger partial charge in [0.1, 0.15) is 0 Å². The van der Waals surface area contributed by atoms with Crippen LogP contribution in [0.3, 0.4) is 0 Å². The van der Waals surface area contributed by atoms with Crippen LogP contribution in [0.5, 0.6) is 0 Å². The molecule has 0 aliphatic rings. The van der Waals surface area contributed by atoms with Gasteiger partial charge in [0.2, 0.25) is 0 Å². The normalized spacial score (nSPS) is 13.7. The lowest BCUT2D eigenvalue weighted by atomic mass is 9.95. The number of benzene rings is 1. The van der Waals surface area contributed by atoms with Gasteiger partial charge in [0, 0.05) is 22.1 Å². The molecule has 1 N–H and O–H groups in total. The number of halogens is 2. The molecule has 102 valence electrons. The summed E-state index contributed by atoms with van der Waals surface area (Å²) in [5.74, 6) is 0. The van der Waals surface area contributed by atoms with E-state index in [0.717, 1.165) is 21.8 Å². The number of nitrogens with one attached hydrogen (secondary N) is 1. The first-order valence-electron chi connectivity index (χ1n) is 6.07. The molecule has 0 aliphatic heterocycles. The Morgan fingerprint density at radius 3 is 2.50 bits per heavy atom. The number of rotatable bonds is 6. The fourth-order valence-corrected chi connectivity index (χ4v) is 3.16. The molecule has 2 nitrogen and oxygen atoms in total. The first-order chi connectivity index (χ1) is 8.39.